The van der Waals surface area contributed by atoms with Gasteiger partial charge in [-0.3, -0.25) is 0 Å². The summed E-state index contributed by atoms with van der Waals surface area (Å²) in [6.45, 7) is 0. The van der Waals surface area contributed by atoms with Gasteiger partial charge in [0.05, 0.1) is 0 Å². The van der Waals surface area contributed by atoms with E-state index in [1.807, 2.05) is 42.5 Å². The van der Waals surface area contributed by atoms with Crippen LogP contribution in [0.1, 0.15) is 0 Å². The van der Waals surface area contributed by atoms with Crippen LogP contribution < -0.4 is 4.90 Å². The summed E-state index contributed by atoms with van der Waals surface area (Å²) < 4.78 is 15.4. The predicted molar refractivity (Wildman–Crippen MR) is 251 cm³/mol. The molecule has 0 aliphatic carbocycles. The third kappa shape index (κ3) is 7.16. The quantitative estimate of drug-likeness (QED) is 0.141. The van der Waals surface area contributed by atoms with Crippen molar-refractivity contribution >= 4 is 27.8 Å². The van der Waals surface area contributed by atoms with E-state index in [-0.39, 0.29) is 5.82 Å². The molecule has 0 heterocycles. The predicted octanol–water partition coefficient (Wildman–Crippen LogP) is 16.5. The lowest BCUT2D eigenvalue weighted by Gasteiger charge is -2.26. The summed E-state index contributed by atoms with van der Waals surface area (Å²) in [7, 11) is 0. The first-order chi connectivity index (χ1) is 29.7. The number of benzene rings is 10. The Morgan fingerprint density at radius 3 is 1.05 bits per heavy atom. The van der Waals surface area contributed by atoms with Crippen molar-refractivity contribution < 1.29 is 4.39 Å². The normalized spacial score (nSPS) is 11.1. The largest absolute Gasteiger partial charge is 0.311 e. The Morgan fingerprint density at radius 1 is 0.233 bits per heavy atom. The monoisotopic (exact) mass is 769 g/mol. The molecular formula is C58H40FN. The molecule has 284 valence electrons. The smallest absolute Gasteiger partial charge is 0.131 e. The molecule has 0 N–H and O–H groups in total. The zero-order chi connectivity index (χ0) is 40.3. The van der Waals surface area contributed by atoms with Gasteiger partial charge in [0.25, 0.3) is 0 Å². The first-order valence-electron chi connectivity index (χ1n) is 20.4. The highest BCUT2D eigenvalue weighted by atomic mass is 19.1. The molecule has 0 saturated carbocycles. The van der Waals surface area contributed by atoms with Gasteiger partial charge in [0.1, 0.15) is 5.82 Å². The van der Waals surface area contributed by atoms with E-state index >= 15 is 4.39 Å². The van der Waals surface area contributed by atoms with Gasteiger partial charge in [-0.1, -0.05) is 200 Å². The summed E-state index contributed by atoms with van der Waals surface area (Å²) in [6.07, 6.45) is 0. The summed E-state index contributed by atoms with van der Waals surface area (Å²) in [5.41, 5.74) is 16.7. The van der Waals surface area contributed by atoms with Crippen molar-refractivity contribution in [2.45, 2.75) is 0 Å². The number of fused-ring (bicyclic) bond motifs is 1. The number of hydrogen-bond acceptors (Lipinski definition) is 1. The second kappa shape index (κ2) is 16.2. The fourth-order valence-electron chi connectivity index (χ4n) is 8.39. The van der Waals surface area contributed by atoms with Gasteiger partial charge in [0.2, 0.25) is 0 Å². The highest BCUT2D eigenvalue weighted by molar-refractivity contribution is 6.06. The number of halogens is 1. The zero-order valence-electron chi connectivity index (χ0n) is 32.9. The van der Waals surface area contributed by atoms with E-state index in [2.05, 4.69) is 199 Å². The standard InChI is InChI=1S/C58H40FN/c59-57-40-39-55(58-54(21-12-22-56(57)58)46-17-8-3-9-18-46)48-31-37-51(38-32-48)60(49-33-27-43(28-34-49)41-13-4-1-5-14-41)50-35-29-44(30-36-50)42-23-25-47(26-24-42)53-20-11-10-19-52(53)45-15-6-2-7-16-45/h1-40H. The molecule has 0 unspecified atom stereocenters. The van der Waals surface area contributed by atoms with Crippen LogP contribution in [0.4, 0.5) is 21.5 Å². The van der Waals surface area contributed by atoms with Crippen molar-refractivity contribution in [3.05, 3.63) is 248 Å². The van der Waals surface area contributed by atoms with Gasteiger partial charge in [0, 0.05) is 27.8 Å². The molecule has 0 aliphatic heterocycles. The lowest BCUT2D eigenvalue weighted by atomic mass is 9.91. The Bertz CT molecular complexity index is 3030. The van der Waals surface area contributed by atoms with Crippen molar-refractivity contribution in [1.29, 1.82) is 0 Å². The summed E-state index contributed by atoms with van der Waals surface area (Å²) >= 11 is 0. The molecule has 0 fully saturated rings. The topological polar surface area (TPSA) is 3.24 Å². The van der Waals surface area contributed by atoms with Gasteiger partial charge in [-0.2, -0.15) is 0 Å². The van der Waals surface area contributed by atoms with E-state index in [0.29, 0.717) is 5.39 Å². The molecule has 0 radical (unpaired) electrons. The molecule has 1 nitrogen and oxygen atoms in total. The Hall–Kier alpha value is -7.81. The van der Waals surface area contributed by atoms with Crippen LogP contribution in [0.15, 0.2) is 243 Å². The fourth-order valence-corrected chi connectivity index (χ4v) is 8.39. The summed E-state index contributed by atoms with van der Waals surface area (Å²) in [6, 6.07) is 84.3. The average molecular weight is 770 g/mol. The van der Waals surface area contributed by atoms with Crippen molar-refractivity contribution in [2.24, 2.45) is 0 Å². The molecule has 0 spiro atoms. The summed E-state index contributed by atoms with van der Waals surface area (Å²) in [4.78, 5) is 2.30. The molecular weight excluding hydrogens is 730 g/mol. The molecule has 0 saturated heterocycles. The maximum absolute atomic E-state index is 15.4. The van der Waals surface area contributed by atoms with E-state index in [9.17, 15) is 0 Å². The Labute approximate surface area is 350 Å². The molecule has 0 aromatic heterocycles. The maximum Gasteiger partial charge on any atom is 0.131 e. The van der Waals surface area contributed by atoms with Gasteiger partial charge in [0.15, 0.2) is 0 Å². The van der Waals surface area contributed by atoms with Crippen molar-refractivity contribution in [1.82, 2.24) is 0 Å². The molecule has 0 bridgehead atoms. The van der Waals surface area contributed by atoms with Crippen LogP contribution in [0.3, 0.4) is 0 Å². The fraction of sp³-hybridized carbons (Fsp3) is 0. The molecule has 0 amide bonds. The van der Waals surface area contributed by atoms with Crippen LogP contribution in [0.5, 0.6) is 0 Å². The Balaban J connectivity index is 1.00. The minimum atomic E-state index is -0.221. The van der Waals surface area contributed by atoms with Crippen LogP contribution in [0.2, 0.25) is 0 Å². The van der Waals surface area contributed by atoms with Gasteiger partial charge in [-0.25, -0.2) is 4.39 Å². The van der Waals surface area contributed by atoms with E-state index in [1.165, 1.54) is 27.8 Å². The first kappa shape index (κ1) is 36.5. The molecule has 10 aromatic carbocycles. The maximum atomic E-state index is 15.4. The first-order valence-corrected chi connectivity index (χ1v) is 20.4. The number of hydrogen-bond donors (Lipinski definition) is 0. The van der Waals surface area contributed by atoms with Crippen LogP contribution in [-0.2, 0) is 0 Å². The minimum Gasteiger partial charge on any atom is -0.311 e. The Morgan fingerprint density at radius 2 is 0.550 bits per heavy atom. The number of anilines is 3. The van der Waals surface area contributed by atoms with E-state index in [0.717, 1.165) is 61.4 Å². The molecule has 10 aromatic rings. The molecule has 10 rings (SSSR count). The lowest BCUT2D eigenvalue weighted by Crippen LogP contribution is -2.09. The number of nitrogens with zero attached hydrogens (tertiary/aromatic N) is 1. The molecule has 0 atom stereocenters. The van der Waals surface area contributed by atoms with Crippen LogP contribution >= 0.6 is 0 Å². The lowest BCUT2D eigenvalue weighted by molar-refractivity contribution is 0.640. The minimum absolute atomic E-state index is 0.221. The molecule has 0 aliphatic rings. The van der Waals surface area contributed by atoms with Crippen molar-refractivity contribution in [3.63, 3.8) is 0 Å². The number of rotatable bonds is 9. The van der Waals surface area contributed by atoms with Gasteiger partial charge < -0.3 is 4.90 Å². The molecule has 2 heteroatoms. The zero-order valence-corrected chi connectivity index (χ0v) is 32.9. The van der Waals surface area contributed by atoms with Crippen LogP contribution in [-0.4, -0.2) is 0 Å². The van der Waals surface area contributed by atoms with Crippen LogP contribution in [0, 0.1) is 5.82 Å². The van der Waals surface area contributed by atoms with Gasteiger partial charge >= 0.3 is 0 Å². The van der Waals surface area contributed by atoms with E-state index in [4.69, 9.17) is 0 Å². The van der Waals surface area contributed by atoms with E-state index in [1.54, 1.807) is 6.07 Å². The SMILES string of the molecule is Fc1ccc(-c2ccc(N(c3ccc(-c4ccccc4)cc3)c3ccc(-c4ccc(-c5ccccc5-c5ccccc5)cc4)cc3)cc2)c2c(-c3ccccc3)cccc12. The van der Waals surface area contributed by atoms with Crippen molar-refractivity contribution in [3.8, 4) is 66.8 Å². The second-order valence-corrected chi connectivity index (χ2v) is 15.0. The Kier molecular flexibility index (Phi) is 9.87. The summed E-state index contributed by atoms with van der Waals surface area (Å²) in [5.74, 6) is -0.221. The highest BCUT2D eigenvalue weighted by Crippen LogP contribution is 2.41. The third-order valence-electron chi connectivity index (χ3n) is 11.4. The van der Waals surface area contributed by atoms with Crippen molar-refractivity contribution in [2.75, 3.05) is 4.90 Å². The van der Waals surface area contributed by atoms with Gasteiger partial charge in [-0.15, -0.1) is 0 Å². The molecule has 60 heavy (non-hydrogen) atoms. The second-order valence-electron chi connectivity index (χ2n) is 15.0. The summed E-state index contributed by atoms with van der Waals surface area (Å²) in [5, 5.41) is 1.53. The van der Waals surface area contributed by atoms with E-state index < -0.39 is 0 Å². The highest BCUT2D eigenvalue weighted by Gasteiger charge is 2.17. The van der Waals surface area contributed by atoms with Gasteiger partial charge in [-0.05, 0) is 109 Å². The third-order valence-corrected chi connectivity index (χ3v) is 11.4. The van der Waals surface area contributed by atoms with Crippen LogP contribution in [0.25, 0.3) is 77.5 Å². The average Bonchev–Trinajstić information content (AvgIpc) is 3.33.